The van der Waals surface area contributed by atoms with Crippen molar-refractivity contribution >= 4 is 8.07 Å². The van der Waals surface area contributed by atoms with Crippen molar-refractivity contribution in [3.63, 3.8) is 0 Å². The zero-order chi connectivity index (χ0) is 21.5. The van der Waals surface area contributed by atoms with E-state index in [9.17, 15) is 0 Å². The van der Waals surface area contributed by atoms with E-state index >= 15 is 0 Å². The van der Waals surface area contributed by atoms with Gasteiger partial charge in [-0.05, 0) is 19.8 Å². The molecule has 0 fully saturated rings. The van der Waals surface area contributed by atoms with Crippen LogP contribution in [0.5, 0.6) is 0 Å². The minimum Gasteiger partial charge on any atom is -0.0917 e. The fourth-order valence-corrected chi connectivity index (χ4v) is 8.79. The summed E-state index contributed by atoms with van der Waals surface area (Å²) >= 11 is 0. The maximum atomic E-state index is 2.77. The second kappa shape index (κ2) is 22.6. The van der Waals surface area contributed by atoms with Gasteiger partial charge in [-0.2, -0.15) is 0 Å². The minimum atomic E-state index is -0.986. The van der Waals surface area contributed by atoms with Crippen molar-refractivity contribution in [2.45, 2.75) is 167 Å². The number of hydrogen-bond acceptors (Lipinski definition) is 0. The molecule has 0 amide bonds. The Labute approximate surface area is 187 Å². The van der Waals surface area contributed by atoms with E-state index < -0.39 is 8.07 Å². The molecule has 0 N–H and O–H groups in total. The highest BCUT2D eigenvalue weighted by atomic mass is 28.3. The molecule has 0 heterocycles. The summed E-state index contributed by atoms with van der Waals surface area (Å²) in [5.41, 5.74) is 0. The molecule has 1 heteroatoms. The second-order valence-electron chi connectivity index (χ2n) is 10.1. The van der Waals surface area contributed by atoms with Crippen LogP contribution < -0.4 is 0 Å². The van der Waals surface area contributed by atoms with E-state index in [1.807, 2.05) is 0 Å². The first-order valence-corrected chi connectivity index (χ1v) is 16.9. The Hall–Kier alpha value is -0.0431. The quantitative estimate of drug-likeness (QED) is 0.0872. The lowest BCUT2D eigenvalue weighted by atomic mass is 10.1. The molecule has 0 aromatic carbocycles. The summed E-state index contributed by atoms with van der Waals surface area (Å²) in [6.07, 6.45) is 32.3. The standard InChI is InChI=1S/C28H58Si/c1-5-8-11-14-17-19-22-25-28-29(4,26-23-20-16-13-10-7-3)27-24-21-18-15-12-9-6-2/h5,8H,6-7,9-28H2,1-4H3. The van der Waals surface area contributed by atoms with E-state index in [4.69, 9.17) is 0 Å². The molecule has 0 radical (unpaired) electrons. The van der Waals surface area contributed by atoms with Gasteiger partial charge >= 0.3 is 0 Å². The van der Waals surface area contributed by atoms with Gasteiger partial charge in [0, 0.05) is 0 Å². The van der Waals surface area contributed by atoms with Crippen molar-refractivity contribution in [3.8, 4) is 0 Å². The SMILES string of the molecule is CC=CCCCCCCC[Si](C)(CCCCCCCC)CCCCCCCCC. The minimum absolute atomic E-state index is 0.986. The van der Waals surface area contributed by atoms with Crippen LogP contribution in [0.15, 0.2) is 12.2 Å². The van der Waals surface area contributed by atoms with E-state index in [0.717, 1.165) is 0 Å². The van der Waals surface area contributed by atoms with Crippen LogP contribution in [0, 0.1) is 0 Å². The van der Waals surface area contributed by atoms with Gasteiger partial charge in [0.15, 0.2) is 0 Å². The van der Waals surface area contributed by atoms with Crippen molar-refractivity contribution in [1.82, 2.24) is 0 Å². The van der Waals surface area contributed by atoms with Crippen LogP contribution in [0.2, 0.25) is 24.7 Å². The fourth-order valence-electron chi connectivity index (χ4n) is 4.73. The molecule has 0 aromatic heterocycles. The lowest BCUT2D eigenvalue weighted by molar-refractivity contribution is 0.596. The van der Waals surface area contributed by atoms with Crippen LogP contribution in [0.1, 0.15) is 143 Å². The maximum absolute atomic E-state index is 2.77. The number of allylic oxidation sites excluding steroid dienone is 2. The Morgan fingerprint density at radius 2 is 0.828 bits per heavy atom. The van der Waals surface area contributed by atoms with Gasteiger partial charge in [-0.1, -0.05) is 160 Å². The van der Waals surface area contributed by atoms with Crippen LogP contribution >= 0.6 is 0 Å². The molecule has 1 atom stereocenters. The molecular weight excluding hydrogens is 364 g/mol. The summed E-state index contributed by atoms with van der Waals surface area (Å²) in [6.45, 7) is 9.55. The fraction of sp³-hybridized carbons (Fsp3) is 0.929. The van der Waals surface area contributed by atoms with Gasteiger partial charge in [-0.25, -0.2) is 0 Å². The van der Waals surface area contributed by atoms with Crippen molar-refractivity contribution in [2.24, 2.45) is 0 Å². The molecule has 0 saturated heterocycles. The lowest BCUT2D eigenvalue weighted by Gasteiger charge is -2.28. The van der Waals surface area contributed by atoms with Gasteiger partial charge < -0.3 is 0 Å². The van der Waals surface area contributed by atoms with Crippen LogP contribution in [0.3, 0.4) is 0 Å². The molecule has 1 unspecified atom stereocenters. The third kappa shape index (κ3) is 21.0. The molecular formula is C28H58Si. The maximum Gasteiger partial charge on any atom is 0.0504 e. The van der Waals surface area contributed by atoms with E-state index in [1.54, 1.807) is 18.1 Å². The van der Waals surface area contributed by atoms with Gasteiger partial charge in [0.2, 0.25) is 0 Å². The Morgan fingerprint density at radius 3 is 1.21 bits per heavy atom. The molecule has 0 nitrogen and oxygen atoms in total. The van der Waals surface area contributed by atoms with Crippen molar-refractivity contribution in [1.29, 1.82) is 0 Å². The molecule has 0 rings (SSSR count). The summed E-state index contributed by atoms with van der Waals surface area (Å²) in [7, 11) is -0.986. The number of unbranched alkanes of at least 4 members (excludes halogenated alkanes) is 16. The topological polar surface area (TPSA) is 0 Å². The molecule has 174 valence electrons. The summed E-state index contributed by atoms with van der Waals surface area (Å²) < 4.78 is 0. The molecule has 0 aliphatic rings. The normalized spacial score (nSPS) is 13.9. The van der Waals surface area contributed by atoms with Crippen molar-refractivity contribution in [3.05, 3.63) is 12.2 Å². The Bertz CT molecular complexity index is 335. The predicted molar refractivity (Wildman–Crippen MR) is 140 cm³/mol. The highest BCUT2D eigenvalue weighted by molar-refractivity contribution is 6.78. The highest BCUT2D eigenvalue weighted by Crippen LogP contribution is 2.29. The van der Waals surface area contributed by atoms with Crippen LogP contribution in [-0.4, -0.2) is 8.07 Å². The number of hydrogen-bond donors (Lipinski definition) is 0. The molecule has 0 spiro atoms. The molecule has 0 saturated carbocycles. The third-order valence-corrected chi connectivity index (χ3v) is 11.6. The van der Waals surface area contributed by atoms with Gasteiger partial charge in [-0.3, -0.25) is 0 Å². The van der Waals surface area contributed by atoms with E-state index in [2.05, 4.69) is 39.5 Å². The summed E-state index contributed by atoms with van der Waals surface area (Å²) in [5.74, 6) is 0. The predicted octanol–water partition coefficient (Wildman–Crippen LogP) is 11.1. The summed E-state index contributed by atoms with van der Waals surface area (Å²) in [6, 6.07) is 4.86. The van der Waals surface area contributed by atoms with Crippen molar-refractivity contribution in [2.75, 3.05) is 0 Å². The Morgan fingerprint density at radius 1 is 0.483 bits per heavy atom. The second-order valence-corrected chi connectivity index (χ2v) is 15.2. The van der Waals surface area contributed by atoms with E-state index in [0.29, 0.717) is 0 Å². The smallest absolute Gasteiger partial charge is 0.0504 e. The third-order valence-electron chi connectivity index (χ3n) is 6.90. The van der Waals surface area contributed by atoms with Gasteiger partial charge in [0.1, 0.15) is 0 Å². The first-order chi connectivity index (χ1) is 14.2. The van der Waals surface area contributed by atoms with Crippen LogP contribution in [-0.2, 0) is 0 Å². The number of rotatable bonds is 23. The largest absolute Gasteiger partial charge is 0.0917 e. The monoisotopic (exact) mass is 422 g/mol. The van der Waals surface area contributed by atoms with Gasteiger partial charge in [0.25, 0.3) is 0 Å². The van der Waals surface area contributed by atoms with Gasteiger partial charge in [0.05, 0.1) is 8.07 Å². The zero-order valence-corrected chi connectivity index (χ0v) is 22.2. The van der Waals surface area contributed by atoms with E-state index in [-0.39, 0.29) is 0 Å². The van der Waals surface area contributed by atoms with Crippen LogP contribution in [0.25, 0.3) is 0 Å². The van der Waals surface area contributed by atoms with E-state index in [1.165, 1.54) is 122 Å². The van der Waals surface area contributed by atoms with Crippen molar-refractivity contribution < 1.29 is 0 Å². The highest BCUT2D eigenvalue weighted by Gasteiger charge is 2.25. The lowest BCUT2D eigenvalue weighted by Crippen LogP contribution is -2.29. The first-order valence-electron chi connectivity index (χ1n) is 13.8. The zero-order valence-electron chi connectivity index (χ0n) is 21.2. The molecule has 0 aliphatic heterocycles. The van der Waals surface area contributed by atoms with Crippen LogP contribution in [0.4, 0.5) is 0 Å². The molecule has 0 aromatic rings. The Kier molecular flexibility index (Phi) is 22.6. The molecule has 0 bridgehead atoms. The molecule has 0 aliphatic carbocycles. The summed E-state index contributed by atoms with van der Waals surface area (Å²) in [5, 5.41) is 0. The van der Waals surface area contributed by atoms with Gasteiger partial charge in [-0.15, -0.1) is 0 Å². The average molecular weight is 423 g/mol. The molecule has 29 heavy (non-hydrogen) atoms. The first kappa shape index (κ1) is 29.0. The average Bonchev–Trinajstić information content (AvgIpc) is 2.72. The Balaban J connectivity index is 4.05. The summed E-state index contributed by atoms with van der Waals surface area (Å²) in [4.78, 5) is 0.